The largest absolute Gasteiger partial charge is 0.506 e. The van der Waals surface area contributed by atoms with Crippen LogP contribution >= 0.6 is 46.5 Å². The van der Waals surface area contributed by atoms with Crippen LogP contribution in [0, 0.1) is 6.92 Å². The molecule has 238 valence electrons. The summed E-state index contributed by atoms with van der Waals surface area (Å²) in [5, 5.41) is 32.8. The van der Waals surface area contributed by atoms with Crippen LogP contribution in [0.15, 0.2) is 33.8 Å². The molecule has 19 heteroatoms. The van der Waals surface area contributed by atoms with E-state index < -0.39 is 53.1 Å². The number of aromatic nitrogens is 2. The van der Waals surface area contributed by atoms with E-state index in [9.17, 15) is 39.0 Å². The van der Waals surface area contributed by atoms with Gasteiger partial charge in [0.2, 0.25) is 5.91 Å². The molecular weight excluding hydrogens is 670 g/mol. The molecule has 3 aliphatic heterocycles. The molecule has 2 fully saturated rings. The van der Waals surface area contributed by atoms with Crippen LogP contribution in [0.3, 0.4) is 0 Å². The smallest absolute Gasteiger partial charge is 0.352 e. The number of nitrogens with zero attached hydrogens (tertiary/aromatic N) is 5. The van der Waals surface area contributed by atoms with Crippen molar-refractivity contribution in [3.05, 3.63) is 45.1 Å². The quantitative estimate of drug-likeness (QED) is 0.166. The molecule has 45 heavy (non-hydrogen) atoms. The van der Waals surface area contributed by atoms with Gasteiger partial charge in [0.15, 0.2) is 4.34 Å². The second-order valence-electron chi connectivity index (χ2n) is 9.96. The Kier molecular flexibility index (Phi) is 9.57. The first-order chi connectivity index (χ1) is 21.4. The highest BCUT2D eigenvalue weighted by molar-refractivity contribution is 8.01. The standard InChI is InChI=1S/C26H26ClN7O8S3/c1-3-32-6-7-33(22(39)21(32)38)25(42)29-16(12-4-5-15(35)14(27)8-12)19(36)28-17-20(37)34-18(24(40)41)13(9-43-23(17)34)10-44-26-31-30-11(2)45-26/h4-5,8,16-17,23,35H,3,6-7,9-10H2,1-2H3,(H,28,36)(H,29,42)(H,40,41)/t16?,17?,23-/m0/s1. The lowest BCUT2D eigenvalue weighted by atomic mass is 10.0. The zero-order valence-corrected chi connectivity index (χ0v) is 26.9. The summed E-state index contributed by atoms with van der Waals surface area (Å²) < 4.78 is 0.665. The molecule has 3 aliphatic rings. The number of carbonyl (C=O) groups excluding carboxylic acids is 5. The summed E-state index contributed by atoms with van der Waals surface area (Å²) in [7, 11) is 0. The van der Waals surface area contributed by atoms with E-state index in [1.165, 1.54) is 58.0 Å². The average molecular weight is 696 g/mol. The van der Waals surface area contributed by atoms with E-state index >= 15 is 0 Å². The van der Waals surface area contributed by atoms with Gasteiger partial charge in [0.1, 0.15) is 33.9 Å². The molecule has 2 saturated heterocycles. The predicted molar refractivity (Wildman–Crippen MR) is 163 cm³/mol. The minimum Gasteiger partial charge on any atom is -0.506 e. The topological polar surface area (TPSA) is 202 Å². The summed E-state index contributed by atoms with van der Waals surface area (Å²) in [5.41, 5.74) is 0.477. The number of likely N-dealkylation sites (N-methyl/N-ethyl adjacent to an activating group) is 1. The van der Waals surface area contributed by atoms with Crippen molar-refractivity contribution in [1.82, 2.24) is 35.5 Å². The van der Waals surface area contributed by atoms with Crippen molar-refractivity contribution in [3.8, 4) is 5.75 Å². The molecule has 2 unspecified atom stereocenters. The second-order valence-corrected chi connectivity index (χ2v) is 13.9. The third kappa shape index (κ3) is 6.45. The van der Waals surface area contributed by atoms with Crippen molar-refractivity contribution >= 4 is 82.1 Å². The van der Waals surface area contributed by atoms with Crippen LogP contribution < -0.4 is 10.6 Å². The molecule has 2 aromatic rings. The number of aryl methyl sites for hydroxylation is 1. The van der Waals surface area contributed by atoms with Gasteiger partial charge in [-0.3, -0.25) is 29.0 Å². The minimum absolute atomic E-state index is 0.104. The zero-order chi connectivity index (χ0) is 32.6. The van der Waals surface area contributed by atoms with Gasteiger partial charge in [0.05, 0.1) is 5.02 Å². The fourth-order valence-corrected chi connectivity index (χ4v) is 8.38. The summed E-state index contributed by atoms with van der Waals surface area (Å²) in [4.78, 5) is 80.4. The van der Waals surface area contributed by atoms with Crippen molar-refractivity contribution in [2.75, 3.05) is 31.1 Å². The minimum atomic E-state index is -1.50. The van der Waals surface area contributed by atoms with E-state index in [-0.39, 0.29) is 53.2 Å². The summed E-state index contributed by atoms with van der Waals surface area (Å²) in [6.07, 6.45) is 0. The first-order valence-electron chi connectivity index (χ1n) is 13.4. The van der Waals surface area contributed by atoms with E-state index in [0.717, 1.165) is 9.91 Å². The Morgan fingerprint density at radius 1 is 1.18 bits per heavy atom. The highest BCUT2D eigenvalue weighted by Gasteiger charge is 2.54. The molecule has 4 heterocycles. The number of rotatable bonds is 9. The lowest BCUT2D eigenvalue weighted by Gasteiger charge is -2.49. The predicted octanol–water partition coefficient (Wildman–Crippen LogP) is 1.18. The van der Waals surface area contributed by atoms with Crippen molar-refractivity contribution in [1.29, 1.82) is 0 Å². The van der Waals surface area contributed by atoms with Crippen LogP contribution in [0.4, 0.5) is 4.79 Å². The maximum Gasteiger partial charge on any atom is 0.352 e. The Morgan fingerprint density at radius 3 is 2.58 bits per heavy atom. The number of amides is 6. The number of aromatic hydroxyl groups is 1. The molecular formula is C26H26ClN7O8S3. The summed E-state index contributed by atoms with van der Waals surface area (Å²) in [6, 6.07) is 0.120. The number of carbonyl (C=O) groups is 6. The normalized spacial score (nSPS) is 20.5. The number of hydrogen-bond donors (Lipinski definition) is 4. The number of carboxylic acids is 1. The molecule has 1 aromatic carbocycles. The number of halogens is 1. The fourth-order valence-electron chi connectivity index (χ4n) is 4.89. The van der Waals surface area contributed by atoms with E-state index in [0.29, 0.717) is 14.8 Å². The number of phenolic OH excluding ortho intramolecular Hbond substituents is 1. The number of fused-ring (bicyclic) bond motifs is 1. The number of phenols is 1. The van der Waals surface area contributed by atoms with E-state index in [2.05, 4.69) is 20.8 Å². The van der Waals surface area contributed by atoms with Gasteiger partial charge in [0, 0.05) is 31.1 Å². The number of urea groups is 1. The number of β-lactam (4-membered cyclic amide) rings is 1. The van der Waals surface area contributed by atoms with E-state index in [4.69, 9.17) is 11.6 Å². The Hall–Kier alpha value is -3.87. The van der Waals surface area contributed by atoms with Gasteiger partial charge in [-0.15, -0.1) is 22.0 Å². The van der Waals surface area contributed by atoms with E-state index in [1.807, 2.05) is 0 Å². The lowest BCUT2D eigenvalue weighted by molar-refractivity contribution is -0.153. The summed E-state index contributed by atoms with van der Waals surface area (Å²) in [5.74, 6) is -4.44. The SMILES string of the molecule is CCN1CCN(C(=O)NC(C(=O)NC2C(=O)N3C(C(=O)O)=C(CSc4nnc(C)s4)CS[C@@H]23)c2ccc(O)c(Cl)c2)C(=O)C1=O. The number of imide groups is 1. The van der Waals surface area contributed by atoms with Crippen LogP contribution in [0.25, 0.3) is 0 Å². The Labute approximate surface area is 273 Å². The van der Waals surface area contributed by atoms with Gasteiger partial charge in [-0.1, -0.05) is 40.8 Å². The second kappa shape index (κ2) is 13.2. The van der Waals surface area contributed by atoms with Gasteiger partial charge in [-0.2, -0.15) is 0 Å². The van der Waals surface area contributed by atoms with Crippen LogP contribution in [-0.2, 0) is 24.0 Å². The molecule has 6 amide bonds. The molecule has 1 aromatic heterocycles. The van der Waals surface area contributed by atoms with Crippen LogP contribution in [0.1, 0.15) is 23.5 Å². The number of piperazine rings is 1. The lowest BCUT2D eigenvalue weighted by Crippen LogP contribution is -2.71. The number of benzene rings is 1. The molecule has 4 N–H and O–H groups in total. The molecule has 0 radical (unpaired) electrons. The molecule has 3 atom stereocenters. The highest BCUT2D eigenvalue weighted by atomic mass is 35.5. The van der Waals surface area contributed by atoms with Crippen molar-refractivity contribution in [2.45, 2.75) is 35.6 Å². The van der Waals surface area contributed by atoms with Crippen LogP contribution in [0.5, 0.6) is 5.75 Å². The van der Waals surface area contributed by atoms with Gasteiger partial charge >= 0.3 is 23.8 Å². The molecule has 15 nitrogen and oxygen atoms in total. The molecule has 0 bridgehead atoms. The van der Waals surface area contributed by atoms with Gasteiger partial charge in [0.25, 0.3) is 5.91 Å². The number of nitrogens with one attached hydrogen (secondary N) is 2. The van der Waals surface area contributed by atoms with Crippen molar-refractivity contribution in [2.24, 2.45) is 0 Å². The third-order valence-electron chi connectivity index (χ3n) is 7.20. The van der Waals surface area contributed by atoms with Crippen LogP contribution in [-0.4, -0.2) is 113 Å². The number of hydrogen-bond acceptors (Lipinski definition) is 12. The van der Waals surface area contributed by atoms with Gasteiger partial charge in [-0.05, 0) is 37.1 Å². The number of thioether (sulfide) groups is 2. The van der Waals surface area contributed by atoms with E-state index in [1.54, 1.807) is 13.8 Å². The monoisotopic (exact) mass is 695 g/mol. The average Bonchev–Trinajstić information content (AvgIpc) is 3.44. The van der Waals surface area contributed by atoms with Crippen molar-refractivity contribution < 1.29 is 39.0 Å². The third-order valence-corrected chi connectivity index (χ3v) is 10.9. The first kappa shape index (κ1) is 32.5. The Bertz CT molecular complexity index is 1630. The zero-order valence-electron chi connectivity index (χ0n) is 23.7. The highest BCUT2D eigenvalue weighted by Crippen LogP contribution is 2.42. The maximum absolute atomic E-state index is 13.6. The maximum atomic E-state index is 13.6. The number of aliphatic carboxylic acids is 1. The Balaban J connectivity index is 1.33. The van der Waals surface area contributed by atoms with Crippen LogP contribution in [0.2, 0.25) is 5.02 Å². The molecule has 0 saturated carbocycles. The molecule has 0 spiro atoms. The van der Waals surface area contributed by atoms with Gasteiger partial charge in [-0.25, -0.2) is 9.59 Å². The summed E-state index contributed by atoms with van der Waals surface area (Å²) >= 11 is 10.0. The fraction of sp³-hybridized carbons (Fsp3) is 0.385. The summed E-state index contributed by atoms with van der Waals surface area (Å²) in [6.45, 7) is 3.79. The molecule has 5 rings (SSSR count). The Morgan fingerprint density at radius 2 is 1.93 bits per heavy atom. The number of carboxylic acid groups (broad SMARTS) is 1. The van der Waals surface area contributed by atoms with Crippen molar-refractivity contribution in [3.63, 3.8) is 0 Å². The van der Waals surface area contributed by atoms with Gasteiger partial charge < -0.3 is 25.7 Å². The first-order valence-corrected chi connectivity index (χ1v) is 16.7. The molecule has 0 aliphatic carbocycles.